The van der Waals surface area contributed by atoms with Crippen LogP contribution in [-0.4, -0.2) is 51.9 Å². The lowest BCUT2D eigenvalue weighted by atomic mass is 10.1. The van der Waals surface area contributed by atoms with Crippen molar-refractivity contribution in [3.63, 3.8) is 0 Å². The number of aromatic nitrogens is 3. The molecule has 35 heavy (non-hydrogen) atoms. The van der Waals surface area contributed by atoms with Gasteiger partial charge in [-0.05, 0) is 17.7 Å². The Morgan fingerprint density at radius 1 is 0.914 bits per heavy atom. The number of rotatable bonds is 6. The Morgan fingerprint density at radius 2 is 1.60 bits per heavy atom. The number of halogens is 2. The van der Waals surface area contributed by atoms with Gasteiger partial charge in [-0.15, -0.1) is 10.2 Å². The van der Waals surface area contributed by atoms with Crippen LogP contribution in [0.25, 0.3) is 17.1 Å². The van der Waals surface area contributed by atoms with Crippen LogP contribution in [0.3, 0.4) is 0 Å². The molecule has 1 aliphatic heterocycles. The van der Waals surface area contributed by atoms with Gasteiger partial charge >= 0.3 is 0 Å². The average molecular weight is 493 g/mol. The van der Waals surface area contributed by atoms with Crippen molar-refractivity contribution in [3.05, 3.63) is 96.1 Å². The first kappa shape index (κ1) is 23.2. The summed E-state index contributed by atoms with van der Waals surface area (Å²) in [4.78, 5) is 15.4. The van der Waals surface area contributed by atoms with E-state index in [2.05, 4.69) is 10.2 Å². The molecule has 4 aromatic rings. The van der Waals surface area contributed by atoms with Gasteiger partial charge in [-0.1, -0.05) is 72.4 Å². The fraction of sp³-hybridized carbons (Fsp3) is 0.192. The van der Waals surface area contributed by atoms with Crippen molar-refractivity contribution in [2.24, 2.45) is 0 Å². The molecule has 0 N–H and O–H groups in total. The third kappa shape index (κ3) is 4.96. The molecule has 0 aliphatic carbocycles. The predicted molar refractivity (Wildman–Crippen MR) is 129 cm³/mol. The van der Waals surface area contributed by atoms with Crippen LogP contribution < -0.4 is 0 Å². The molecule has 0 saturated carbocycles. The van der Waals surface area contributed by atoms with Crippen LogP contribution >= 0.6 is 11.8 Å². The first-order valence-electron chi connectivity index (χ1n) is 11.2. The number of carbonyl (C=O) groups excluding carboxylic acids is 1. The molecule has 1 aliphatic rings. The van der Waals surface area contributed by atoms with Crippen LogP contribution in [0.5, 0.6) is 0 Å². The molecule has 6 nitrogen and oxygen atoms in total. The standard InChI is InChI=1S/C26H22F2N4O2S/c27-20-11-12-22(21(28)17-20)32-24(19-9-5-2-6-10-19)29-30-26(32)35-23(18-7-3-1-4-8-18)25(33)31-13-15-34-16-14-31/h1-12,17,23H,13-16H2/t23-/m0/s1. The fourth-order valence-electron chi connectivity index (χ4n) is 3.94. The van der Waals surface area contributed by atoms with Crippen molar-refractivity contribution in [3.8, 4) is 17.1 Å². The van der Waals surface area contributed by atoms with Crippen LogP contribution in [0.1, 0.15) is 10.8 Å². The Kier molecular flexibility index (Phi) is 6.87. The van der Waals surface area contributed by atoms with Gasteiger partial charge in [0.05, 0.1) is 18.9 Å². The minimum absolute atomic E-state index is 0.0834. The maximum atomic E-state index is 15.0. The van der Waals surface area contributed by atoms with E-state index in [0.717, 1.165) is 11.6 Å². The van der Waals surface area contributed by atoms with E-state index in [1.165, 1.54) is 28.5 Å². The first-order valence-corrected chi connectivity index (χ1v) is 12.0. The molecule has 9 heteroatoms. The highest BCUT2D eigenvalue weighted by molar-refractivity contribution is 8.00. The summed E-state index contributed by atoms with van der Waals surface area (Å²) in [6.07, 6.45) is 0. The molecular weight excluding hydrogens is 470 g/mol. The number of hydrogen-bond acceptors (Lipinski definition) is 5. The van der Waals surface area contributed by atoms with Crippen molar-refractivity contribution in [1.82, 2.24) is 19.7 Å². The minimum atomic E-state index is -0.750. The van der Waals surface area contributed by atoms with E-state index in [-0.39, 0.29) is 11.6 Å². The topological polar surface area (TPSA) is 60.2 Å². The van der Waals surface area contributed by atoms with Crippen LogP contribution in [0, 0.1) is 11.6 Å². The SMILES string of the molecule is O=C([C@@H](Sc1nnc(-c2ccccc2)n1-c1ccc(F)cc1F)c1ccccc1)N1CCOCC1. The molecular formula is C26H22F2N4O2S. The average Bonchev–Trinajstić information content (AvgIpc) is 3.32. The molecule has 1 aromatic heterocycles. The van der Waals surface area contributed by atoms with Gasteiger partial charge in [-0.25, -0.2) is 8.78 Å². The Bertz CT molecular complexity index is 1310. The largest absolute Gasteiger partial charge is 0.378 e. The van der Waals surface area contributed by atoms with Crippen LogP contribution in [0.2, 0.25) is 0 Å². The molecule has 5 rings (SSSR count). The lowest BCUT2D eigenvalue weighted by Gasteiger charge is -2.30. The van der Waals surface area contributed by atoms with Crippen molar-refractivity contribution < 1.29 is 18.3 Å². The van der Waals surface area contributed by atoms with Crippen molar-refractivity contribution in [2.75, 3.05) is 26.3 Å². The normalized spacial score (nSPS) is 14.6. The van der Waals surface area contributed by atoms with Gasteiger partial charge in [0.25, 0.3) is 0 Å². The molecule has 0 bridgehead atoms. The van der Waals surface area contributed by atoms with Gasteiger partial charge in [-0.2, -0.15) is 0 Å². The number of carbonyl (C=O) groups is 1. The van der Waals surface area contributed by atoms with Crippen LogP contribution in [0.4, 0.5) is 8.78 Å². The van der Waals surface area contributed by atoms with Crippen LogP contribution in [0.15, 0.2) is 84.0 Å². The molecule has 1 amide bonds. The van der Waals surface area contributed by atoms with Crippen LogP contribution in [-0.2, 0) is 9.53 Å². The number of hydrogen-bond donors (Lipinski definition) is 0. The molecule has 1 atom stereocenters. The maximum Gasteiger partial charge on any atom is 0.240 e. The predicted octanol–water partition coefficient (Wildman–Crippen LogP) is 4.90. The summed E-state index contributed by atoms with van der Waals surface area (Å²) >= 11 is 1.19. The van der Waals surface area contributed by atoms with Gasteiger partial charge in [0.1, 0.15) is 16.9 Å². The second kappa shape index (κ2) is 10.4. The number of ether oxygens (including phenoxy) is 1. The molecule has 0 radical (unpaired) electrons. The summed E-state index contributed by atoms with van der Waals surface area (Å²) in [5, 5.41) is 8.37. The Balaban J connectivity index is 1.60. The lowest BCUT2D eigenvalue weighted by molar-refractivity contribution is -0.134. The highest BCUT2D eigenvalue weighted by Gasteiger charge is 2.31. The van der Waals surface area contributed by atoms with Gasteiger partial charge in [0.15, 0.2) is 11.0 Å². The number of nitrogens with zero attached hydrogens (tertiary/aromatic N) is 4. The smallest absolute Gasteiger partial charge is 0.240 e. The van der Waals surface area contributed by atoms with Gasteiger partial charge in [-0.3, -0.25) is 9.36 Å². The highest BCUT2D eigenvalue weighted by Crippen LogP contribution is 2.39. The van der Waals surface area contributed by atoms with E-state index in [0.29, 0.717) is 42.8 Å². The second-order valence-corrected chi connectivity index (χ2v) is 9.02. The van der Waals surface area contributed by atoms with E-state index < -0.39 is 16.9 Å². The summed E-state index contributed by atoms with van der Waals surface area (Å²) in [6, 6.07) is 22.0. The number of morpholine rings is 1. The molecule has 1 saturated heterocycles. The molecule has 3 aromatic carbocycles. The van der Waals surface area contributed by atoms with E-state index in [4.69, 9.17) is 4.74 Å². The summed E-state index contributed by atoms with van der Waals surface area (Å²) in [5.41, 5.74) is 1.61. The molecule has 178 valence electrons. The summed E-state index contributed by atoms with van der Waals surface area (Å²) in [6.45, 7) is 1.95. The third-order valence-corrected chi connectivity index (χ3v) is 6.87. The minimum Gasteiger partial charge on any atom is -0.378 e. The molecule has 0 spiro atoms. The summed E-state index contributed by atoms with van der Waals surface area (Å²) in [7, 11) is 0. The monoisotopic (exact) mass is 492 g/mol. The summed E-state index contributed by atoms with van der Waals surface area (Å²) in [5.74, 6) is -1.12. The molecule has 1 fully saturated rings. The maximum absolute atomic E-state index is 15.0. The van der Waals surface area contributed by atoms with Crippen molar-refractivity contribution in [1.29, 1.82) is 0 Å². The second-order valence-electron chi connectivity index (χ2n) is 7.95. The number of amides is 1. The highest BCUT2D eigenvalue weighted by atomic mass is 32.2. The van der Waals surface area contributed by atoms with Gasteiger partial charge in [0.2, 0.25) is 5.91 Å². The van der Waals surface area contributed by atoms with E-state index in [1.54, 1.807) is 4.90 Å². The number of benzene rings is 3. The molecule has 2 heterocycles. The molecule has 0 unspecified atom stereocenters. The van der Waals surface area contributed by atoms with Crippen molar-refractivity contribution >= 4 is 17.7 Å². The first-order chi connectivity index (χ1) is 17.1. The van der Waals surface area contributed by atoms with E-state index in [9.17, 15) is 13.6 Å². The Morgan fingerprint density at radius 3 is 2.29 bits per heavy atom. The third-order valence-electron chi connectivity index (χ3n) is 5.69. The van der Waals surface area contributed by atoms with Gasteiger partial charge in [0, 0.05) is 24.7 Å². The van der Waals surface area contributed by atoms with E-state index in [1.807, 2.05) is 60.7 Å². The number of thioether (sulfide) groups is 1. The fourth-order valence-corrected chi connectivity index (χ4v) is 5.08. The summed E-state index contributed by atoms with van der Waals surface area (Å²) < 4.78 is 35.6. The zero-order valence-corrected chi connectivity index (χ0v) is 19.5. The zero-order chi connectivity index (χ0) is 24.2. The Labute approximate surface area is 205 Å². The Hall–Kier alpha value is -3.56. The zero-order valence-electron chi connectivity index (χ0n) is 18.7. The van der Waals surface area contributed by atoms with Crippen molar-refractivity contribution in [2.45, 2.75) is 10.4 Å². The van der Waals surface area contributed by atoms with E-state index >= 15 is 0 Å². The van der Waals surface area contributed by atoms with Gasteiger partial charge < -0.3 is 9.64 Å². The quantitative estimate of drug-likeness (QED) is 0.358. The lowest BCUT2D eigenvalue weighted by Crippen LogP contribution is -2.42.